The van der Waals surface area contributed by atoms with E-state index < -0.39 is 0 Å². The first-order valence-corrected chi connectivity index (χ1v) is 7.78. The van der Waals surface area contributed by atoms with E-state index in [4.69, 9.17) is 9.97 Å². The van der Waals surface area contributed by atoms with Gasteiger partial charge in [-0.2, -0.15) is 0 Å². The second-order valence-electron chi connectivity index (χ2n) is 6.19. The summed E-state index contributed by atoms with van der Waals surface area (Å²) in [5, 5.41) is 3.42. The van der Waals surface area contributed by atoms with Gasteiger partial charge in [-0.1, -0.05) is 37.3 Å². The van der Waals surface area contributed by atoms with E-state index >= 15 is 0 Å². The lowest BCUT2D eigenvalue weighted by molar-refractivity contribution is 0.553. The molecule has 1 aromatic carbocycles. The molecule has 0 amide bonds. The zero-order chi connectivity index (χ0) is 14.9. The van der Waals surface area contributed by atoms with Crippen molar-refractivity contribution < 1.29 is 0 Å². The fraction of sp³-hybridized carbons (Fsp3) is 0.444. The van der Waals surface area contributed by atoms with Crippen molar-refractivity contribution in [3.63, 3.8) is 0 Å². The lowest BCUT2D eigenvalue weighted by Crippen LogP contribution is -2.30. The van der Waals surface area contributed by atoms with E-state index in [1.165, 1.54) is 22.5 Å². The SMILES string of the molecule is CCc1nc(C(C)(C)c2ccccc2)nc2c1CCNC2. The molecule has 0 bridgehead atoms. The first-order valence-electron chi connectivity index (χ1n) is 7.78. The smallest absolute Gasteiger partial charge is 0.138 e. The normalized spacial score (nSPS) is 14.8. The van der Waals surface area contributed by atoms with Crippen LogP contribution in [-0.2, 0) is 24.8 Å². The molecule has 3 heteroatoms. The number of nitrogens with one attached hydrogen (secondary N) is 1. The van der Waals surface area contributed by atoms with Gasteiger partial charge in [-0.3, -0.25) is 0 Å². The molecule has 1 N–H and O–H groups in total. The Hall–Kier alpha value is -1.74. The molecule has 21 heavy (non-hydrogen) atoms. The minimum atomic E-state index is -0.169. The highest BCUT2D eigenvalue weighted by molar-refractivity contribution is 5.35. The van der Waals surface area contributed by atoms with E-state index in [9.17, 15) is 0 Å². The summed E-state index contributed by atoms with van der Waals surface area (Å²) in [7, 11) is 0. The molecule has 3 nitrogen and oxygen atoms in total. The average molecular weight is 281 g/mol. The summed E-state index contributed by atoms with van der Waals surface area (Å²) in [6.07, 6.45) is 2.02. The Bertz CT molecular complexity index is 615. The van der Waals surface area contributed by atoms with Crippen molar-refractivity contribution in [1.29, 1.82) is 0 Å². The molecule has 0 saturated heterocycles. The molecular weight excluding hydrogens is 258 g/mol. The maximum atomic E-state index is 4.91. The van der Waals surface area contributed by atoms with Gasteiger partial charge in [0.2, 0.25) is 0 Å². The quantitative estimate of drug-likeness (QED) is 0.940. The van der Waals surface area contributed by atoms with Gasteiger partial charge >= 0.3 is 0 Å². The first-order chi connectivity index (χ1) is 10.1. The van der Waals surface area contributed by atoms with Crippen molar-refractivity contribution in [3.8, 4) is 0 Å². The Morgan fingerprint density at radius 2 is 1.90 bits per heavy atom. The van der Waals surface area contributed by atoms with E-state index in [2.05, 4.69) is 56.4 Å². The van der Waals surface area contributed by atoms with Gasteiger partial charge in [0, 0.05) is 17.7 Å². The third-order valence-corrected chi connectivity index (χ3v) is 4.41. The Labute approximate surface area is 126 Å². The maximum Gasteiger partial charge on any atom is 0.138 e. The molecular formula is C18H23N3. The Kier molecular flexibility index (Phi) is 3.77. The number of benzene rings is 1. The first kappa shape index (κ1) is 14.2. The minimum Gasteiger partial charge on any atom is -0.311 e. The van der Waals surface area contributed by atoms with Gasteiger partial charge in [-0.25, -0.2) is 9.97 Å². The van der Waals surface area contributed by atoms with Crippen molar-refractivity contribution in [2.45, 2.75) is 45.6 Å². The van der Waals surface area contributed by atoms with Crippen LogP contribution in [0.1, 0.15) is 49.1 Å². The van der Waals surface area contributed by atoms with Crippen molar-refractivity contribution in [2.24, 2.45) is 0 Å². The molecule has 2 heterocycles. The molecule has 3 rings (SSSR count). The highest BCUT2D eigenvalue weighted by atomic mass is 15.0. The summed E-state index contributed by atoms with van der Waals surface area (Å²) in [4.78, 5) is 9.81. The summed E-state index contributed by atoms with van der Waals surface area (Å²) in [6, 6.07) is 10.5. The van der Waals surface area contributed by atoms with E-state index in [1.54, 1.807) is 0 Å². The van der Waals surface area contributed by atoms with Crippen LogP contribution < -0.4 is 5.32 Å². The monoisotopic (exact) mass is 281 g/mol. The van der Waals surface area contributed by atoms with Gasteiger partial charge in [0.25, 0.3) is 0 Å². The fourth-order valence-corrected chi connectivity index (χ4v) is 2.99. The third kappa shape index (κ3) is 2.58. The minimum absolute atomic E-state index is 0.169. The predicted molar refractivity (Wildman–Crippen MR) is 85.4 cm³/mol. The number of aryl methyl sites for hydroxylation is 1. The number of hydrogen-bond donors (Lipinski definition) is 1. The molecule has 0 atom stereocenters. The van der Waals surface area contributed by atoms with Crippen LogP contribution in [0.3, 0.4) is 0 Å². The number of rotatable bonds is 3. The van der Waals surface area contributed by atoms with Crippen LogP contribution >= 0.6 is 0 Å². The molecule has 0 aliphatic carbocycles. The van der Waals surface area contributed by atoms with Gasteiger partial charge < -0.3 is 5.32 Å². The fourth-order valence-electron chi connectivity index (χ4n) is 2.99. The molecule has 1 aliphatic heterocycles. The molecule has 110 valence electrons. The number of fused-ring (bicyclic) bond motifs is 1. The molecule has 2 aromatic rings. The second-order valence-corrected chi connectivity index (χ2v) is 6.19. The molecule has 1 aliphatic rings. The average Bonchev–Trinajstić information content (AvgIpc) is 2.54. The zero-order valence-corrected chi connectivity index (χ0v) is 13.1. The molecule has 0 spiro atoms. The van der Waals surface area contributed by atoms with Crippen LogP contribution in [0.4, 0.5) is 0 Å². The zero-order valence-electron chi connectivity index (χ0n) is 13.1. The highest BCUT2D eigenvalue weighted by Gasteiger charge is 2.28. The summed E-state index contributed by atoms with van der Waals surface area (Å²) in [5.74, 6) is 0.938. The third-order valence-electron chi connectivity index (χ3n) is 4.41. The Morgan fingerprint density at radius 1 is 1.14 bits per heavy atom. The van der Waals surface area contributed by atoms with E-state index in [0.29, 0.717) is 0 Å². The molecule has 0 unspecified atom stereocenters. The number of nitrogens with zero attached hydrogens (tertiary/aromatic N) is 2. The number of aromatic nitrogens is 2. The topological polar surface area (TPSA) is 37.8 Å². The highest BCUT2D eigenvalue weighted by Crippen LogP contribution is 2.30. The van der Waals surface area contributed by atoms with Crippen LogP contribution in [0.15, 0.2) is 30.3 Å². The molecule has 0 saturated carbocycles. The van der Waals surface area contributed by atoms with Gasteiger partial charge in [-0.05, 0) is 44.4 Å². The molecule has 1 aromatic heterocycles. The number of hydrogen-bond acceptors (Lipinski definition) is 3. The molecule has 0 fully saturated rings. The Balaban J connectivity index is 2.10. The van der Waals surface area contributed by atoms with Crippen molar-refractivity contribution in [3.05, 3.63) is 58.7 Å². The maximum absolute atomic E-state index is 4.91. The van der Waals surface area contributed by atoms with Crippen LogP contribution in [0, 0.1) is 0 Å². The van der Waals surface area contributed by atoms with Crippen LogP contribution in [-0.4, -0.2) is 16.5 Å². The summed E-state index contributed by atoms with van der Waals surface area (Å²) in [5.41, 5.74) is 4.87. The van der Waals surface area contributed by atoms with Crippen molar-refractivity contribution in [2.75, 3.05) is 6.54 Å². The lowest BCUT2D eigenvalue weighted by atomic mass is 9.83. The summed E-state index contributed by atoms with van der Waals surface area (Å²) >= 11 is 0. The van der Waals surface area contributed by atoms with Crippen LogP contribution in [0.2, 0.25) is 0 Å². The second kappa shape index (κ2) is 5.57. The molecule has 0 radical (unpaired) electrons. The predicted octanol–water partition coefficient (Wildman–Crippen LogP) is 3.01. The van der Waals surface area contributed by atoms with Gasteiger partial charge in [0.15, 0.2) is 0 Å². The van der Waals surface area contributed by atoms with E-state index in [-0.39, 0.29) is 5.41 Å². The lowest BCUT2D eigenvalue weighted by Gasteiger charge is -2.27. The summed E-state index contributed by atoms with van der Waals surface area (Å²) in [6.45, 7) is 8.50. The van der Waals surface area contributed by atoms with Gasteiger partial charge in [0.1, 0.15) is 5.82 Å². The van der Waals surface area contributed by atoms with Crippen LogP contribution in [0.25, 0.3) is 0 Å². The van der Waals surface area contributed by atoms with Crippen molar-refractivity contribution in [1.82, 2.24) is 15.3 Å². The standard InChI is InChI=1S/C18H23N3/c1-4-15-14-10-11-19-12-16(14)21-17(20-15)18(2,3)13-8-6-5-7-9-13/h5-9,19H,4,10-12H2,1-3H3. The van der Waals surface area contributed by atoms with Crippen LogP contribution in [0.5, 0.6) is 0 Å². The van der Waals surface area contributed by atoms with E-state index in [1.807, 2.05) is 0 Å². The largest absolute Gasteiger partial charge is 0.311 e. The van der Waals surface area contributed by atoms with Gasteiger partial charge in [-0.15, -0.1) is 0 Å². The summed E-state index contributed by atoms with van der Waals surface area (Å²) < 4.78 is 0. The Morgan fingerprint density at radius 3 is 2.62 bits per heavy atom. The van der Waals surface area contributed by atoms with Crippen molar-refractivity contribution >= 4 is 0 Å². The van der Waals surface area contributed by atoms with E-state index in [0.717, 1.165) is 31.8 Å². The van der Waals surface area contributed by atoms with Gasteiger partial charge in [0.05, 0.1) is 5.69 Å².